The molecule has 2 aromatic rings. The zero-order chi connectivity index (χ0) is 16.8. The van der Waals surface area contributed by atoms with Gasteiger partial charge < -0.3 is 14.2 Å². The summed E-state index contributed by atoms with van der Waals surface area (Å²) < 4.78 is 16.8. The Morgan fingerprint density at radius 1 is 0.913 bits per heavy atom. The molecule has 0 bridgehead atoms. The van der Waals surface area contributed by atoms with Crippen molar-refractivity contribution in [2.75, 3.05) is 20.3 Å². The van der Waals surface area contributed by atoms with Gasteiger partial charge in [0.25, 0.3) is 0 Å². The monoisotopic (exact) mass is 354 g/mol. The smallest absolute Gasteiger partial charge is 0.161 e. The summed E-state index contributed by atoms with van der Waals surface area (Å²) in [5, 5.41) is 1.13. The van der Waals surface area contributed by atoms with Crippen LogP contribution in [0.4, 0.5) is 0 Å². The molecule has 0 saturated carbocycles. The Labute approximate surface area is 147 Å². The van der Waals surface area contributed by atoms with Crippen molar-refractivity contribution in [2.45, 2.75) is 20.3 Å². The van der Waals surface area contributed by atoms with E-state index in [2.05, 4.69) is 0 Å². The molecule has 0 atom stereocenters. The second kappa shape index (κ2) is 8.32. The summed E-state index contributed by atoms with van der Waals surface area (Å²) in [7, 11) is 1.63. The highest BCUT2D eigenvalue weighted by molar-refractivity contribution is 6.35. The fraction of sp³-hybridized carbons (Fsp3) is 0.333. The van der Waals surface area contributed by atoms with Gasteiger partial charge in [-0.25, -0.2) is 0 Å². The minimum atomic E-state index is 0.510. The van der Waals surface area contributed by atoms with Crippen LogP contribution in [0.2, 0.25) is 10.0 Å². The second-order valence-electron chi connectivity index (χ2n) is 5.24. The molecule has 124 valence electrons. The van der Waals surface area contributed by atoms with Crippen molar-refractivity contribution in [3.63, 3.8) is 0 Å². The zero-order valence-electron chi connectivity index (χ0n) is 13.5. The van der Waals surface area contributed by atoms with Gasteiger partial charge in [0.15, 0.2) is 11.5 Å². The Balaban J connectivity index is 1.83. The number of benzene rings is 2. The van der Waals surface area contributed by atoms with E-state index in [9.17, 15) is 0 Å². The van der Waals surface area contributed by atoms with Crippen LogP contribution in [0.1, 0.15) is 17.5 Å². The summed E-state index contributed by atoms with van der Waals surface area (Å²) in [4.78, 5) is 0. The van der Waals surface area contributed by atoms with Gasteiger partial charge in [-0.05, 0) is 49.2 Å². The highest BCUT2D eigenvalue weighted by Crippen LogP contribution is 2.32. The fourth-order valence-electron chi connectivity index (χ4n) is 2.18. The van der Waals surface area contributed by atoms with E-state index in [0.29, 0.717) is 29.0 Å². The van der Waals surface area contributed by atoms with Gasteiger partial charge in [0, 0.05) is 11.4 Å². The number of methoxy groups -OCH3 is 1. The first-order valence-corrected chi connectivity index (χ1v) is 8.12. The van der Waals surface area contributed by atoms with E-state index in [1.807, 2.05) is 38.1 Å². The van der Waals surface area contributed by atoms with Crippen LogP contribution in [0.5, 0.6) is 17.2 Å². The van der Waals surface area contributed by atoms with Crippen LogP contribution in [0.3, 0.4) is 0 Å². The lowest BCUT2D eigenvalue weighted by Gasteiger charge is -2.13. The first kappa shape index (κ1) is 17.8. The molecule has 5 heteroatoms. The van der Waals surface area contributed by atoms with Gasteiger partial charge in [-0.1, -0.05) is 29.3 Å². The van der Waals surface area contributed by atoms with Crippen molar-refractivity contribution in [1.29, 1.82) is 0 Å². The van der Waals surface area contributed by atoms with Crippen molar-refractivity contribution in [3.05, 3.63) is 51.5 Å². The van der Waals surface area contributed by atoms with Gasteiger partial charge in [-0.3, -0.25) is 0 Å². The average Bonchev–Trinajstić information content (AvgIpc) is 2.50. The fourth-order valence-corrected chi connectivity index (χ4v) is 2.83. The molecule has 0 radical (unpaired) electrons. The van der Waals surface area contributed by atoms with E-state index in [0.717, 1.165) is 29.0 Å². The van der Waals surface area contributed by atoms with E-state index in [1.54, 1.807) is 13.2 Å². The molecule has 0 N–H and O–H groups in total. The molecule has 0 aromatic heterocycles. The maximum Gasteiger partial charge on any atom is 0.161 e. The third-order valence-corrected chi connectivity index (χ3v) is 3.80. The molecular weight excluding hydrogens is 335 g/mol. The SMILES string of the molecule is COc1cc(C)ccc1OCCCOc1c(C)cc(Cl)cc1Cl. The molecular formula is C18H20Cl2O3. The van der Waals surface area contributed by atoms with Crippen molar-refractivity contribution in [1.82, 2.24) is 0 Å². The lowest BCUT2D eigenvalue weighted by molar-refractivity contribution is 0.240. The molecule has 0 aliphatic carbocycles. The first-order chi connectivity index (χ1) is 11.0. The number of aryl methyl sites for hydroxylation is 2. The lowest BCUT2D eigenvalue weighted by atomic mass is 10.2. The van der Waals surface area contributed by atoms with Gasteiger partial charge in [0.05, 0.1) is 25.3 Å². The molecule has 0 aliphatic heterocycles. The summed E-state index contributed by atoms with van der Waals surface area (Å²) >= 11 is 12.1. The Bertz CT molecular complexity index is 648. The van der Waals surface area contributed by atoms with Gasteiger partial charge in [-0.2, -0.15) is 0 Å². The number of rotatable bonds is 7. The third kappa shape index (κ3) is 4.95. The highest BCUT2D eigenvalue weighted by Gasteiger charge is 2.08. The zero-order valence-corrected chi connectivity index (χ0v) is 15.0. The molecule has 2 aromatic carbocycles. The van der Waals surface area contributed by atoms with Gasteiger partial charge in [0.2, 0.25) is 0 Å². The summed E-state index contributed by atoms with van der Waals surface area (Å²) in [5.41, 5.74) is 2.05. The number of hydrogen-bond acceptors (Lipinski definition) is 3. The number of halogens is 2. The largest absolute Gasteiger partial charge is 0.493 e. The molecule has 0 amide bonds. The van der Waals surface area contributed by atoms with Crippen molar-refractivity contribution >= 4 is 23.2 Å². The third-order valence-electron chi connectivity index (χ3n) is 3.31. The van der Waals surface area contributed by atoms with Gasteiger partial charge in [-0.15, -0.1) is 0 Å². The Hall–Kier alpha value is -1.58. The average molecular weight is 355 g/mol. The van der Waals surface area contributed by atoms with E-state index >= 15 is 0 Å². The Morgan fingerprint density at radius 3 is 2.35 bits per heavy atom. The first-order valence-electron chi connectivity index (χ1n) is 7.37. The summed E-state index contributed by atoms with van der Waals surface area (Å²) in [6.07, 6.45) is 0.732. The molecule has 2 rings (SSSR count). The lowest BCUT2D eigenvalue weighted by Crippen LogP contribution is -2.06. The van der Waals surface area contributed by atoms with E-state index in [4.69, 9.17) is 37.4 Å². The van der Waals surface area contributed by atoms with E-state index in [-0.39, 0.29) is 0 Å². The Morgan fingerprint density at radius 2 is 1.65 bits per heavy atom. The molecule has 3 nitrogen and oxygen atoms in total. The van der Waals surface area contributed by atoms with Crippen molar-refractivity contribution in [3.8, 4) is 17.2 Å². The van der Waals surface area contributed by atoms with Gasteiger partial charge in [0.1, 0.15) is 5.75 Å². The number of hydrogen-bond donors (Lipinski definition) is 0. The van der Waals surface area contributed by atoms with Crippen LogP contribution in [-0.2, 0) is 0 Å². The Kier molecular flexibility index (Phi) is 6.43. The van der Waals surface area contributed by atoms with Gasteiger partial charge >= 0.3 is 0 Å². The molecule has 0 aliphatic rings. The second-order valence-corrected chi connectivity index (χ2v) is 6.08. The van der Waals surface area contributed by atoms with Crippen LogP contribution in [0, 0.1) is 13.8 Å². The van der Waals surface area contributed by atoms with Crippen LogP contribution in [-0.4, -0.2) is 20.3 Å². The molecule has 0 spiro atoms. The normalized spacial score (nSPS) is 10.5. The molecule has 0 heterocycles. The molecule has 0 unspecified atom stereocenters. The molecule has 0 saturated heterocycles. The van der Waals surface area contributed by atoms with Crippen LogP contribution >= 0.6 is 23.2 Å². The van der Waals surface area contributed by atoms with Crippen LogP contribution in [0.25, 0.3) is 0 Å². The predicted molar refractivity (Wildman–Crippen MR) is 94.5 cm³/mol. The van der Waals surface area contributed by atoms with Crippen LogP contribution in [0.15, 0.2) is 30.3 Å². The summed E-state index contributed by atoms with van der Waals surface area (Å²) in [6, 6.07) is 9.36. The minimum absolute atomic E-state index is 0.510. The highest BCUT2D eigenvalue weighted by atomic mass is 35.5. The maximum atomic E-state index is 6.14. The van der Waals surface area contributed by atoms with Crippen LogP contribution < -0.4 is 14.2 Å². The topological polar surface area (TPSA) is 27.7 Å². The minimum Gasteiger partial charge on any atom is -0.493 e. The van der Waals surface area contributed by atoms with Crippen molar-refractivity contribution in [2.24, 2.45) is 0 Å². The summed E-state index contributed by atoms with van der Waals surface area (Å²) in [6.45, 7) is 4.97. The molecule has 23 heavy (non-hydrogen) atoms. The maximum absolute atomic E-state index is 6.14. The predicted octanol–water partition coefficient (Wildman–Crippen LogP) is 5.47. The molecule has 0 fully saturated rings. The van der Waals surface area contributed by atoms with E-state index in [1.165, 1.54) is 0 Å². The standard InChI is InChI=1S/C18H20Cl2O3/c1-12-5-6-16(17(9-12)21-3)22-7-4-8-23-18-13(2)10-14(19)11-15(18)20/h5-6,9-11H,4,7-8H2,1-3H3. The quantitative estimate of drug-likeness (QED) is 0.617. The number of ether oxygens (including phenoxy) is 3. The van der Waals surface area contributed by atoms with Crippen molar-refractivity contribution < 1.29 is 14.2 Å². The van der Waals surface area contributed by atoms with E-state index < -0.39 is 0 Å². The summed E-state index contributed by atoms with van der Waals surface area (Å²) in [5.74, 6) is 2.14.